The third-order valence-electron chi connectivity index (χ3n) is 8.28. The molecule has 0 N–H and O–H groups in total. The Hall–Kier alpha value is -5.20. The maximum Gasteiger partial charge on any atom is -0.00206 e. The molecule has 0 saturated heterocycles. The Morgan fingerprint density at radius 1 is 0.225 bits per heavy atom. The third kappa shape index (κ3) is 3.54. The molecule has 0 aromatic heterocycles. The summed E-state index contributed by atoms with van der Waals surface area (Å²) in [5, 5.41) is 10.3. The van der Waals surface area contributed by atoms with Crippen LogP contribution in [-0.2, 0) is 0 Å². The minimum atomic E-state index is 1.23. The molecule has 8 aromatic rings. The SMILES string of the molecule is c1ccc(-c2ccc3ccccc3c2-c2ccccc2-c2cccc3c2ccc2c4ccccc4ccc32)cc1. The quantitative estimate of drug-likeness (QED) is 0.209. The van der Waals surface area contributed by atoms with Gasteiger partial charge < -0.3 is 0 Å². The maximum absolute atomic E-state index is 2.32. The zero-order chi connectivity index (χ0) is 26.5. The molecule has 0 heterocycles. The highest BCUT2D eigenvalue weighted by atomic mass is 14.2. The van der Waals surface area contributed by atoms with Crippen LogP contribution in [-0.4, -0.2) is 0 Å². The summed E-state index contributed by atoms with van der Waals surface area (Å²) >= 11 is 0. The van der Waals surface area contributed by atoms with E-state index in [1.165, 1.54) is 76.5 Å². The van der Waals surface area contributed by atoms with Crippen LogP contribution in [0.1, 0.15) is 0 Å². The van der Waals surface area contributed by atoms with Gasteiger partial charge in [0.25, 0.3) is 0 Å². The van der Waals surface area contributed by atoms with Crippen molar-refractivity contribution >= 4 is 43.1 Å². The van der Waals surface area contributed by atoms with Crippen LogP contribution in [0.4, 0.5) is 0 Å². The first-order valence-corrected chi connectivity index (χ1v) is 13.9. The third-order valence-corrected chi connectivity index (χ3v) is 8.28. The number of hydrogen-bond acceptors (Lipinski definition) is 0. The van der Waals surface area contributed by atoms with Crippen molar-refractivity contribution in [2.75, 3.05) is 0 Å². The molecule has 0 spiro atoms. The van der Waals surface area contributed by atoms with E-state index in [2.05, 4.69) is 158 Å². The zero-order valence-electron chi connectivity index (χ0n) is 22.0. The molecule has 0 heteroatoms. The van der Waals surface area contributed by atoms with Gasteiger partial charge in [0.2, 0.25) is 0 Å². The average Bonchev–Trinajstić information content (AvgIpc) is 3.04. The molecule has 0 atom stereocenters. The van der Waals surface area contributed by atoms with E-state index in [9.17, 15) is 0 Å². The lowest BCUT2D eigenvalue weighted by Crippen LogP contribution is -1.92. The van der Waals surface area contributed by atoms with Crippen molar-refractivity contribution in [1.29, 1.82) is 0 Å². The maximum atomic E-state index is 2.32. The molecule has 0 aliphatic carbocycles. The molecule has 0 amide bonds. The van der Waals surface area contributed by atoms with Crippen LogP contribution in [0.2, 0.25) is 0 Å². The van der Waals surface area contributed by atoms with Gasteiger partial charge in [-0.05, 0) is 76.5 Å². The monoisotopic (exact) mass is 506 g/mol. The van der Waals surface area contributed by atoms with E-state index in [-0.39, 0.29) is 0 Å². The molecule has 0 fully saturated rings. The summed E-state index contributed by atoms with van der Waals surface area (Å²) < 4.78 is 0. The lowest BCUT2D eigenvalue weighted by molar-refractivity contribution is 1.60. The lowest BCUT2D eigenvalue weighted by atomic mass is 9.84. The highest BCUT2D eigenvalue weighted by Crippen LogP contribution is 2.44. The van der Waals surface area contributed by atoms with Crippen molar-refractivity contribution in [2.24, 2.45) is 0 Å². The first-order chi connectivity index (χ1) is 19.9. The fourth-order valence-corrected chi connectivity index (χ4v) is 6.45. The standard InChI is InChI=1S/C40H26/c1-2-11-27(12-3-1)32-23-21-29-14-5-7-16-31(29)40(32)39-18-9-8-17-35(39)33-19-10-20-34-37-24-22-28-13-4-6-15-30(28)36(37)25-26-38(33)34/h1-26H. The fourth-order valence-electron chi connectivity index (χ4n) is 6.45. The van der Waals surface area contributed by atoms with Crippen LogP contribution in [0.3, 0.4) is 0 Å². The molecule has 0 saturated carbocycles. The summed E-state index contributed by atoms with van der Waals surface area (Å²) in [5.41, 5.74) is 7.53. The van der Waals surface area contributed by atoms with Crippen LogP contribution in [0.25, 0.3) is 76.5 Å². The molecule has 40 heavy (non-hydrogen) atoms. The van der Waals surface area contributed by atoms with Gasteiger partial charge in [0, 0.05) is 0 Å². The summed E-state index contributed by atoms with van der Waals surface area (Å²) in [4.78, 5) is 0. The van der Waals surface area contributed by atoms with E-state index in [1.54, 1.807) is 0 Å². The molecule has 0 aliphatic heterocycles. The Kier molecular flexibility index (Phi) is 5.24. The largest absolute Gasteiger partial charge is 0.0622 e. The number of hydrogen-bond donors (Lipinski definition) is 0. The highest BCUT2D eigenvalue weighted by Gasteiger charge is 2.17. The van der Waals surface area contributed by atoms with Crippen LogP contribution in [0, 0.1) is 0 Å². The molecule has 8 rings (SSSR count). The molecule has 0 nitrogen and oxygen atoms in total. The minimum Gasteiger partial charge on any atom is -0.0622 e. The van der Waals surface area contributed by atoms with E-state index >= 15 is 0 Å². The summed E-state index contributed by atoms with van der Waals surface area (Å²) in [6, 6.07) is 57.5. The fraction of sp³-hybridized carbons (Fsp3) is 0. The molecular weight excluding hydrogens is 480 g/mol. The average molecular weight is 507 g/mol. The predicted octanol–water partition coefficient (Wildman–Crippen LogP) is 11.3. The topological polar surface area (TPSA) is 0 Å². The van der Waals surface area contributed by atoms with Gasteiger partial charge in [-0.15, -0.1) is 0 Å². The Morgan fingerprint density at radius 2 is 0.750 bits per heavy atom. The molecule has 0 radical (unpaired) electrons. The minimum absolute atomic E-state index is 1.23. The van der Waals surface area contributed by atoms with Crippen molar-refractivity contribution in [3.05, 3.63) is 158 Å². The Bertz CT molecular complexity index is 2200. The van der Waals surface area contributed by atoms with Gasteiger partial charge in [-0.1, -0.05) is 158 Å². The predicted molar refractivity (Wildman–Crippen MR) is 173 cm³/mol. The first kappa shape index (κ1) is 22.8. The summed E-state index contributed by atoms with van der Waals surface area (Å²) in [6.07, 6.45) is 0. The second-order valence-corrected chi connectivity index (χ2v) is 10.5. The van der Waals surface area contributed by atoms with Crippen LogP contribution >= 0.6 is 0 Å². The Balaban J connectivity index is 1.44. The molecule has 0 bridgehead atoms. The summed E-state index contributed by atoms with van der Waals surface area (Å²) in [6.45, 7) is 0. The highest BCUT2D eigenvalue weighted by molar-refractivity contribution is 6.20. The van der Waals surface area contributed by atoms with Crippen LogP contribution in [0.15, 0.2) is 158 Å². The summed E-state index contributed by atoms with van der Waals surface area (Å²) in [7, 11) is 0. The van der Waals surface area contributed by atoms with Crippen LogP contribution in [0.5, 0.6) is 0 Å². The van der Waals surface area contributed by atoms with E-state index in [0.717, 1.165) is 0 Å². The normalized spacial score (nSPS) is 11.5. The Morgan fingerprint density at radius 3 is 1.60 bits per heavy atom. The van der Waals surface area contributed by atoms with Gasteiger partial charge >= 0.3 is 0 Å². The van der Waals surface area contributed by atoms with Crippen molar-refractivity contribution in [1.82, 2.24) is 0 Å². The smallest absolute Gasteiger partial charge is 0.00206 e. The van der Waals surface area contributed by atoms with E-state index in [0.29, 0.717) is 0 Å². The second-order valence-electron chi connectivity index (χ2n) is 10.5. The van der Waals surface area contributed by atoms with Crippen LogP contribution < -0.4 is 0 Å². The van der Waals surface area contributed by atoms with E-state index < -0.39 is 0 Å². The van der Waals surface area contributed by atoms with Crippen molar-refractivity contribution in [3.63, 3.8) is 0 Å². The van der Waals surface area contributed by atoms with Gasteiger partial charge in [-0.25, -0.2) is 0 Å². The van der Waals surface area contributed by atoms with Gasteiger partial charge in [0.05, 0.1) is 0 Å². The molecule has 186 valence electrons. The van der Waals surface area contributed by atoms with Gasteiger partial charge in [-0.3, -0.25) is 0 Å². The molecule has 0 aliphatic rings. The van der Waals surface area contributed by atoms with E-state index in [1.807, 2.05) is 0 Å². The number of fused-ring (bicyclic) bond motifs is 6. The molecular formula is C40H26. The number of benzene rings is 8. The van der Waals surface area contributed by atoms with Gasteiger partial charge in [0.15, 0.2) is 0 Å². The van der Waals surface area contributed by atoms with Gasteiger partial charge in [-0.2, -0.15) is 0 Å². The number of rotatable bonds is 3. The molecule has 8 aromatic carbocycles. The van der Waals surface area contributed by atoms with E-state index in [4.69, 9.17) is 0 Å². The summed E-state index contributed by atoms with van der Waals surface area (Å²) in [5.74, 6) is 0. The Labute approximate surface area is 233 Å². The van der Waals surface area contributed by atoms with Gasteiger partial charge in [0.1, 0.15) is 0 Å². The lowest BCUT2D eigenvalue weighted by Gasteiger charge is -2.19. The van der Waals surface area contributed by atoms with Crippen molar-refractivity contribution in [2.45, 2.75) is 0 Å². The van der Waals surface area contributed by atoms with Crippen molar-refractivity contribution in [3.8, 4) is 33.4 Å². The first-order valence-electron chi connectivity index (χ1n) is 13.9. The molecule has 0 unspecified atom stereocenters. The second kappa shape index (κ2) is 9.22. The zero-order valence-corrected chi connectivity index (χ0v) is 22.0. The van der Waals surface area contributed by atoms with Crippen molar-refractivity contribution < 1.29 is 0 Å².